The molecule has 1 N–H and O–H groups in total. The molecule has 2 nitrogen and oxygen atoms in total. The highest BCUT2D eigenvalue weighted by Gasteiger charge is 2.22. The highest BCUT2D eigenvalue weighted by Crippen LogP contribution is 2.38. The Morgan fingerprint density at radius 2 is 2.00 bits per heavy atom. The van der Waals surface area contributed by atoms with Gasteiger partial charge in [0.25, 0.3) is 0 Å². The summed E-state index contributed by atoms with van der Waals surface area (Å²) in [6.07, 6.45) is 4.93. The molecule has 0 amide bonds. The number of hydrogen-bond donors (Lipinski definition) is 1. The highest BCUT2D eigenvalue weighted by molar-refractivity contribution is 9.10. The van der Waals surface area contributed by atoms with Crippen LogP contribution in [0.1, 0.15) is 55.4 Å². The van der Waals surface area contributed by atoms with Crippen molar-refractivity contribution in [1.29, 1.82) is 0 Å². The van der Waals surface area contributed by atoms with E-state index in [0.29, 0.717) is 0 Å². The number of aliphatic hydroxyl groups is 1. The van der Waals surface area contributed by atoms with E-state index in [-0.39, 0.29) is 6.10 Å². The zero-order valence-corrected chi connectivity index (χ0v) is 15.9. The van der Waals surface area contributed by atoms with Crippen LogP contribution in [0.2, 0.25) is 0 Å². The van der Waals surface area contributed by atoms with E-state index in [1.165, 1.54) is 23.2 Å². The molecule has 0 saturated heterocycles. The van der Waals surface area contributed by atoms with Gasteiger partial charge in [0.2, 0.25) is 0 Å². The first-order chi connectivity index (χ1) is 11.7. The molecule has 3 rings (SSSR count). The molecule has 0 fully saturated rings. The molecule has 2 aromatic rings. The first-order valence-electron chi connectivity index (χ1n) is 8.98. The number of unbranched alkanes of at least 4 members (excludes halogenated alkanes) is 1. The Bertz CT molecular complexity index is 671. The van der Waals surface area contributed by atoms with Crippen LogP contribution in [0.15, 0.2) is 46.9 Å². The molecule has 0 saturated carbocycles. The van der Waals surface area contributed by atoms with Crippen molar-refractivity contribution in [2.45, 2.75) is 51.7 Å². The van der Waals surface area contributed by atoms with Crippen LogP contribution in [-0.4, -0.2) is 11.7 Å². The zero-order chi connectivity index (χ0) is 16.9. The van der Waals surface area contributed by atoms with Gasteiger partial charge in [-0.1, -0.05) is 56.2 Å². The quantitative estimate of drug-likeness (QED) is 0.694. The number of benzene rings is 2. The van der Waals surface area contributed by atoms with E-state index in [1.807, 2.05) is 0 Å². The minimum absolute atomic E-state index is 0.351. The summed E-state index contributed by atoms with van der Waals surface area (Å²) in [6.45, 7) is 4.18. The standard InChI is InChI=1S/C21H26BrNO/c1-2-3-11-20(24)18-13-17-10-7-12-23(21(17)19(22)14-18)15-16-8-5-4-6-9-16/h4-6,8-9,13-14,20,24H,2-3,7,10-12,15H2,1H3. The topological polar surface area (TPSA) is 23.5 Å². The van der Waals surface area contributed by atoms with Crippen molar-refractivity contribution in [3.63, 3.8) is 0 Å². The fourth-order valence-electron chi connectivity index (χ4n) is 3.51. The number of anilines is 1. The minimum Gasteiger partial charge on any atom is -0.388 e. The first-order valence-corrected chi connectivity index (χ1v) is 9.77. The largest absolute Gasteiger partial charge is 0.388 e. The second kappa shape index (κ2) is 8.17. The van der Waals surface area contributed by atoms with E-state index >= 15 is 0 Å². The van der Waals surface area contributed by atoms with Gasteiger partial charge in [-0.15, -0.1) is 0 Å². The molecule has 0 spiro atoms. The molecule has 2 aromatic carbocycles. The summed E-state index contributed by atoms with van der Waals surface area (Å²) in [5.74, 6) is 0. The number of hydrogen-bond acceptors (Lipinski definition) is 2. The molecular weight excluding hydrogens is 362 g/mol. The number of aryl methyl sites for hydroxylation is 1. The van der Waals surface area contributed by atoms with Crippen molar-refractivity contribution in [3.05, 3.63) is 63.6 Å². The molecule has 1 unspecified atom stereocenters. The lowest BCUT2D eigenvalue weighted by molar-refractivity contribution is 0.164. The van der Waals surface area contributed by atoms with E-state index in [1.54, 1.807) is 0 Å². The Kier molecular flexibility index (Phi) is 5.96. The number of nitrogens with zero attached hydrogens (tertiary/aromatic N) is 1. The van der Waals surface area contributed by atoms with Crippen molar-refractivity contribution < 1.29 is 5.11 Å². The Labute approximate surface area is 153 Å². The maximum absolute atomic E-state index is 10.4. The lowest BCUT2D eigenvalue weighted by atomic mass is 9.95. The van der Waals surface area contributed by atoms with E-state index in [9.17, 15) is 5.11 Å². The maximum Gasteiger partial charge on any atom is 0.0790 e. The Balaban J connectivity index is 1.85. The molecule has 1 heterocycles. The molecule has 0 aliphatic carbocycles. The van der Waals surface area contributed by atoms with Gasteiger partial charge in [-0.2, -0.15) is 0 Å². The van der Waals surface area contributed by atoms with E-state index in [0.717, 1.165) is 48.8 Å². The average Bonchev–Trinajstić information content (AvgIpc) is 2.60. The highest BCUT2D eigenvalue weighted by atomic mass is 79.9. The SMILES string of the molecule is CCCCC(O)c1cc(Br)c2c(c1)CCCN2Cc1ccccc1. The third-order valence-electron chi connectivity index (χ3n) is 4.79. The van der Waals surface area contributed by atoms with Crippen LogP contribution in [0, 0.1) is 0 Å². The van der Waals surface area contributed by atoms with Gasteiger partial charge in [-0.3, -0.25) is 0 Å². The average molecular weight is 388 g/mol. The van der Waals surface area contributed by atoms with Crippen LogP contribution in [0.5, 0.6) is 0 Å². The van der Waals surface area contributed by atoms with Crippen LogP contribution < -0.4 is 4.90 Å². The minimum atomic E-state index is -0.351. The number of halogens is 1. The molecule has 0 bridgehead atoms. The lowest BCUT2D eigenvalue weighted by Crippen LogP contribution is -2.29. The molecular formula is C21H26BrNO. The van der Waals surface area contributed by atoms with Crippen LogP contribution in [0.4, 0.5) is 5.69 Å². The summed E-state index contributed by atoms with van der Waals surface area (Å²) >= 11 is 3.77. The number of fused-ring (bicyclic) bond motifs is 1. The van der Waals surface area contributed by atoms with Gasteiger partial charge in [0.1, 0.15) is 0 Å². The smallest absolute Gasteiger partial charge is 0.0790 e. The molecule has 0 radical (unpaired) electrons. The molecule has 0 aromatic heterocycles. The van der Waals surface area contributed by atoms with Gasteiger partial charge < -0.3 is 10.0 Å². The van der Waals surface area contributed by atoms with E-state index < -0.39 is 0 Å². The fraction of sp³-hybridized carbons (Fsp3) is 0.429. The first kappa shape index (κ1) is 17.5. The Morgan fingerprint density at radius 3 is 2.75 bits per heavy atom. The van der Waals surface area contributed by atoms with Gasteiger partial charge in [-0.25, -0.2) is 0 Å². The fourth-order valence-corrected chi connectivity index (χ4v) is 4.28. The summed E-state index contributed by atoms with van der Waals surface area (Å²) in [4.78, 5) is 2.46. The van der Waals surface area contributed by atoms with Crippen molar-refractivity contribution in [1.82, 2.24) is 0 Å². The third kappa shape index (κ3) is 4.01. The van der Waals surface area contributed by atoms with Crippen LogP contribution >= 0.6 is 15.9 Å². The predicted molar refractivity (Wildman–Crippen MR) is 104 cm³/mol. The van der Waals surface area contributed by atoms with Gasteiger partial charge in [-0.05, 0) is 57.9 Å². The number of rotatable bonds is 6. The predicted octanol–water partition coefficient (Wildman–Crippen LogP) is 5.63. The summed E-state index contributed by atoms with van der Waals surface area (Å²) in [5, 5.41) is 10.4. The van der Waals surface area contributed by atoms with Crippen molar-refractivity contribution in [3.8, 4) is 0 Å². The lowest BCUT2D eigenvalue weighted by Gasteiger charge is -2.33. The van der Waals surface area contributed by atoms with Crippen molar-refractivity contribution >= 4 is 21.6 Å². The molecule has 128 valence electrons. The monoisotopic (exact) mass is 387 g/mol. The zero-order valence-electron chi connectivity index (χ0n) is 14.3. The molecule has 24 heavy (non-hydrogen) atoms. The summed E-state index contributed by atoms with van der Waals surface area (Å²) in [5.41, 5.74) is 5.05. The van der Waals surface area contributed by atoms with Crippen LogP contribution in [0.25, 0.3) is 0 Å². The van der Waals surface area contributed by atoms with Gasteiger partial charge in [0.05, 0.1) is 11.8 Å². The van der Waals surface area contributed by atoms with Crippen LogP contribution in [-0.2, 0) is 13.0 Å². The Hall–Kier alpha value is -1.32. The summed E-state index contributed by atoms with van der Waals surface area (Å²) < 4.78 is 1.11. The second-order valence-electron chi connectivity index (χ2n) is 6.68. The summed E-state index contributed by atoms with van der Waals surface area (Å²) in [6, 6.07) is 15.0. The van der Waals surface area contributed by atoms with E-state index in [4.69, 9.17) is 0 Å². The molecule has 1 atom stereocenters. The second-order valence-corrected chi connectivity index (χ2v) is 7.53. The van der Waals surface area contributed by atoms with E-state index in [2.05, 4.69) is 70.2 Å². The van der Waals surface area contributed by atoms with Crippen LogP contribution in [0.3, 0.4) is 0 Å². The van der Waals surface area contributed by atoms with Gasteiger partial charge >= 0.3 is 0 Å². The van der Waals surface area contributed by atoms with Crippen molar-refractivity contribution in [2.75, 3.05) is 11.4 Å². The normalized spacial score (nSPS) is 15.2. The molecule has 1 aliphatic heterocycles. The van der Waals surface area contributed by atoms with Crippen molar-refractivity contribution in [2.24, 2.45) is 0 Å². The van der Waals surface area contributed by atoms with Gasteiger partial charge in [0.15, 0.2) is 0 Å². The third-order valence-corrected chi connectivity index (χ3v) is 5.39. The molecule has 3 heteroatoms. The summed E-state index contributed by atoms with van der Waals surface area (Å²) in [7, 11) is 0. The van der Waals surface area contributed by atoms with Gasteiger partial charge in [0, 0.05) is 17.6 Å². The Morgan fingerprint density at radius 1 is 1.21 bits per heavy atom. The molecule has 1 aliphatic rings. The number of aliphatic hydroxyl groups excluding tert-OH is 1. The maximum atomic E-state index is 10.4.